The normalized spacial score (nSPS) is 19.4. The molecule has 1 aliphatic rings. The van der Waals surface area contributed by atoms with Crippen molar-refractivity contribution in [3.63, 3.8) is 0 Å². The lowest BCUT2D eigenvalue weighted by Gasteiger charge is -2.26. The number of hydrogen-bond donors (Lipinski definition) is 5. The summed E-state index contributed by atoms with van der Waals surface area (Å²) in [5, 5.41) is 20.8. The summed E-state index contributed by atoms with van der Waals surface area (Å²) in [5.41, 5.74) is 0. The Kier molecular flexibility index (Phi) is 13.7. The summed E-state index contributed by atoms with van der Waals surface area (Å²) in [4.78, 5) is 50.1. The van der Waals surface area contributed by atoms with Gasteiger partial charge in [-0.2, -0.15) is 23.5 Å². The molecule has 0 saturated carbocycles. The first kappa shape index (κ1) is 28.6. The Morgan fingerprint density at radius 2 is 1.56 bits per heavy atom. The highest BCUT2D eigenvalue weighted by molar-refractivity contribution is 7.98. The van der Waals surface area contributed by atoms with Gasteiger partial charge in [-0.15, -0.1) is 0 Å². The third-order valence-corrected chi connectivity index (χ3v) is 6.93. The summed E-state index contributed by atoms with van der Waals surface area (Å²) in [7, 11) is 0. The molecule has 1 aliphatic heterocycles. The van der Waals surface area contributed by atoms with Crippen LogP contribution in [0.1, 0.15) is 46.0 Å². The van der Waals surface area contributed by atoms with E-state index in [0.717, 1.165) is 19.4 Å². The number of carboxylic acids is 1. The zero-order valence-electron chi connectivity index (χ0n) is 19.4. The lowest BCUT2D eigenvalue weighted by atomic mass is 9.98. The predicted molar refractivity (Wildman–Crippen MR) is 130 cm³/mol. The molecule has 11 heteroatoms. The van der Waals surface area contributed by atoms with Gasteiger partial charge in [0.2, 0.25) is 17.7 Å². The van der Waals surface area contributed by atoms with Gasteiger partial charge in [-0.3, -0.25) is 14.4 Å². The van der Waals surface area contributed by atoms with Gasteiger partial charge in [0.1, 0.15) is 18.1 Å². The maximum absolute atomic E-state index is 13.0. The van der Waals surface area contributed by atoms with Crippen molar-refractivity contribution in [1.29, 1.82) is 0 Å². The van der Waals surface area contributed by atoms with Gasteiger partial charge < -0.3 is 26.4 Å². The second kappa shape index (κ2) is 15.4. The van der Waals surface area contributed by atoms with E-state index in [0.29, 0.717) is 30.8 Å². The minimum atomic E-state index is -1.10. The number of carbonyl (C=O) groups is 4. The Morgan fingerprint density at radius 3 is 2.03 bits per heavy atom. The first-order chi connectivity index (χ1) is 15.2. The van der Waals surface area contributed by atoms with Gasteiger partial charge in [-0.1, -0.05) is 20.3 Å². The molecule has 1 rings (SSSR count). The number of carboxylic acid groups (broad SMARTS) is 1. The van der Waals surface area contributed by atoms with Gasteiger partial charge in [0.25, 0.3) is 0 Å². The van der Waals surface area contributed by atoms with E-state index >= 15 is 0 Å². The zero-order valence-corrected chi connectivity index (χ0v) is 21.1. The van der Waals surface area contributed by atoms with E-state index in [2.05, 4.69) is 21.3 Å². The number of thioether (sulfide) groups is 2. The summed E-state index contributed by atoms with van der Waals surface area (Å²) in [6.07, 6.45) is 6.85. The van der Waals surface area contributed by atoms with Crippen LogP contribution in [-0.4, -0.2) is 83.5 Å². The number of aliphatic carboxylic acids is 1. The molecule has 3 amide bonds. The molecule has 0 aromatic rings. The van der Waals surface area contributed by atoms with Crippen LogP contribution in [0.5, 0.6) is 0 Å². The standard InChI is InChI=1S/C21H38N4O5S2/c1-5-13(2)17(21(29)30)25-20(28)16(9-12-32-4)24-19(27)15(8-11-31-3)23-18(26)14-7-6-10-22-14/h13-17,22H,5-12H2,1-4H3,(H,23,26)(H,24,27)(H,25,28)(H,29,30). The predicted octanol–water partition coefficient (Wildman–Crippen LogP) is 0.830. The number of hydrogen-bond acceptors (Lipinski definition) is 7. The maximum atomic E-state index is 13.0. The lowest BCUT2D eigenvalue weighted by Crippen LogP contribution is -2.57. The SMILES string of the molecule is CCC(C)C(NC(=O)C(CCSC)NC(=O)C(CCSC)NC(=O)C1CCCN1)C(=O)O. The molecule has 9 nitrogen and oxygen atoms in total. The van der Waals surface area contributed by atoms with E-state index < -0.39 is 35.9 Å². The van der Waals surface area contributed by atoms with Crippen LogP contribution in [0, 0.1) is 5.92 Å². The van der Waals surface area contributed by atoms with E-state index in [9.17, 15) is 24.3 Å². The number of amides is 3. The Morgan fingerprint density at radius 1 is 1.00 bits per heavy atom. The van der Waals surface area contributed by atoms with Gasteiger partial charge in [0, 0.05) is 0 Å². The van der Waals surface area contributed by atoms with Crippen LogP contribution in [0.4, 0.5) is 0 Å². The second-order valence-corrected chi connectivity index (χ2v) is 10.0. The molecule has 5 unspecified atom stereocenters. The minimum Gasteiger partial charge on any atom is -0.480 e. The van der Waals surface area contributed by atoms with Crippen LogP contribution in [0.3, 0.4) is 0 Å². The van der Waals surface area contributed by atoms with Crippen molar-refractivity contribution >= 4 is 47.2 Å². The molecule has 1 fully saturated rings. The number of rotatable bonds is 15. The highest BCUT2D eigenvalue weighted by atomic mass is 32.2. The largest absolute Gasteiger partial charge is 0.480 e. The van der Waals surface area contributed by atoms with E-state index in [1.807, 2.05) is 19.4 Å². The molecule has 1 heterocycles. The average Bonchev–Trinajstić information content (AvgIpc) is 3.31. The summed E-state index contributed by atoms with van der Waals surface area (Å²) in [6, 6.07) is -2.96. The molecule has 184 valence electrons. The molecule has 1 saturated heterocycles. The lowest BCUT2D eigenvalue weighted by molar-refractivity contribution is -0.143. The minimum absolute atomic E-state index is 0.211. The summed E-state index contributed by atoms with van der Waals surface area (Å²) in [6.45, 7) is 4.40. The number of carbonyl (C=O) groups excluding carboxylic acids is 3. The molecule has 0 aromatic heterocycles. The van der Waals surface area contributed by atoms with Gasteiger partial charge in [0.05, 0.1) is 6.04 Å². The van der Waals surface area contributed by atoms with Crippen molar-refractivity contribution in [2.45, 2.75) is 70.1 Å². The van der Waals surface area contributed by atoms with Crippen molar-refractivity contribution in [3.05, 3.63) is 0 Å². The molecule has 0 bridgehead atoms. The van der Waals surface area contributed by atoms with Crippen LogP contribution in [0.2, 0.25) is 0 Å². The Hall–Kier alpha value is -1.46. The molecule has 0 aromatic carbocycles. The molecule has 0 spiro atoms. The molecule has 5 N–H and O–H groups in total. The Labute approximate surface area is 199 Å². The van der Waals surface area contributed by atoms with Gasteiger partial charge in [-0.05, 0) is 62.2 Å². The highest BCUT2D eigenvalue weighted by Crippen LogP contribution is 2.11. The van der Waals surface area contributed by atoms with Crippen molar-refractivity contribution in [1.82, 2.24) is 21.3 Å². The molecule has 0 aliphatic carbocycles. The van der Waals surface area contributed by atoms with Crippen molar-refractivity contribution < 1.29 is 24.3 Å². The van der Waals surface area contributed by atoms with E-state index in [-0.39, 0.29) is 17.9 Å². The zero-order chi connectivity index (χ0) is 24.1. The smallest absolute Gasteiger partial charge is 0.326 e. The topological polar surface area (TPSA) is 137 Å². The van der Waals surface area contributed by atoms with Gasteiger partial charge in [0.15, 0.2) is 0 Å². The summed E-state index contributed by atoms with van der Waals surface area (Å²) in [5.74, 6) is -1.22. The van der Waals surface area contributed by atoms with E-state index in [1.165, 1.54) is 11.8 Å². The van der Waals surface area contributed by atoms with Crippen LogP contribution in [-0.2, 0) is 19.2 Å². The van der Waals surface area contributed by atoms with Crippen LogP contribution >= 0.6 is 23.5 Å². The quantitative estimate of drug-likeness (QED) is 0.228. The first-order valence-corrected chi connectivity index (χ1v) is 13.9. The number of nitrogens with one attached hydrogen (secondary N) is 4. The van der Waals surface area contributed by atoms with Gasteiger partial charge >= 0.3 is 5.97 Å². The molecule has 5 atom stereocenters. The van der Waals surface area contributed by atoms with Gasteiger partial charge in [-0.25, -0.2) is 4.79 Å². The first-order valence-electron chi connectivity index (χ1n) is 11.1. The van der Waals surface area contributed by atoms with Crippen molar-refractivity contribution in [3.8, 4) is 0 Å². The molecular formula is C21H38N4O5S2. The monoisotopic (exact) mass is 490 g/mol. The van der Waals surface area contributed by atoms with Crippen LogP contribution in [0.25, 0.3) is 0 Å². The summed E-state index contributed by atoms with van der Waals surface area (Å²) < 4.78 is 0. The van der Waals surface area contributed by atoms with Crippen molar-refractivity contribution in [2.75, 3.05) is 30.6 Å². The van der Waals surface area contributed by atoms with Crippen LogP contribution in [0.15, 0.2) is 0 Å². The maximum Gasteiger partial charge on any atom is 0.326 e. The Bertz CT molecular complexity index is 631. The second-order valence-electron chi connectivity index (χ2n) is 8.04. The van der Waals surface area contributed by atoms with E-state index in [1.54, 1.807) is 18.7 Å². The fraction of sp³-hybridized carbons (Fsp3) is 0.810. The van der Waals surface area contributed by atoms with Crippen LogP contribution < -0.4 is 21.3 Å². The molecule has 0 radical (unpaired) electrons. The molecule has 32 heavy (non-hydrogen) atoms. The fourth-order valence-electron chi connectivity index (χ4n) is 3.40. The summed E-state index contributed by atoms with van der Waals surface area (Å²) >= 11 is 3.10. The highest BCUT2D eigenvalue weighted by Gasteiger charge is 2.32. The third kappa shape index (κ3) is 9.58. The third-order valence-electron chi connectivity index (χ3n) is 5.64. The molecular weight excluding hydrogens is 452 g/mol. The van der Waals surface area contributed by atoms with E-state index in [4.69, 9.17) is 0 Å². The fourth-order valence-corrected chi connectivity index (χ4v) is 4.34. The van der Waals surface area contributed by atoms with Crippen molar-refractivity contribution in [2.24, 2.45) is 5.92 Å². The average molecular weight is 491 g/mol. The Balaban J connectivity index is 2.88.